The van der Waals surface area contributed by atoms with Crippen LogP contribution in [0.5, 0.6) is 0 Å². The van der Waals surface area contributed by atoms with Crippen LogP contribution in [0.1, 0.15) is 24.8 Å². The highest BCUT2D eigenvalue weighted by Gasteiger charge is 2.35. The average Bonchev–Trinajstić information content (AvgIpc) is 2.95. The zero-order valence-electron chi connectivity index (χ0n) is 12.5. The predicted octanol–water partition coefficient (Wildman–Crippen LogP) is -0.0137. The van der Waals surface area contributed by atoms with E-state index in [1.165, 1.54) is 12.8 Å². The number of nitrogens with zero attached hydrogens (tertiary/aromatic N) is 3. The largest absolute Gasteiger partial charge is 0.310 e. The molecule has 0 radical (unpaired) electrons. The van der Waals surface area contributed by atoms with Gasteiger partial charge in [0, 0.05) is 37.3 Å². The van der Waals surface area contributed by atoms with Crippen LogP contribution in [0.4, 0.5) is 0 Å². The fourth-order valence-electron chi connectivity index (χ4n) is 2.67. The summed E-state index contributed by atoms with van der Waals surface area (Å²) >= 11 is 0. The van der Waals surface area contributed by atoms with Crippen molar-refractivity contribution in [3.63, 3.8) is 0 Å². The van der Waals surface area contributed by atoms with Gasteiger partial charge in [-0.1, -0.05) is 0 Å². The molecular weight excluding hydrogens is 290 g/mol. The van der Waals surface area contributed by atoms with E-state index in [-0.39, 0.29) is 11.1 Å². The van der Waals surface area contributed by atoms with Gasteiger partial charge >= 0.3 is 0 Å². The Kier molecular flexibility index (Phi) is 4.04. The van der Waals surface area contributed by atoms with Crippen molar-refractivity contribution in [1.82, 2.24) is 24.7 Å². The Morgan fingerprint density at radius 1 is 1.43 bits per heavy atom. The van der Waals surface area contributed by atoms with Crippen LogP contribution in [0.25, 0.3) is 0 Å². The SMILES string of the molecule is CN(C)C1CCN(S(=O)(=O)c2[nH]ncc2CNC2CC2)C1. The van der Waals surface area contributed by atoms with Crippen LogP contribution in [0.15, 0.2) is 11.2 Å². The molecule has 2 N–H and O–H groups in total. The van der Waals surface area contributed by atoms with E-state index < -0.39 is 10.0 Å². The Bertz CT molecular complexity index is 593. The van der Waals surface area contributed by atoms with E-state index in [1.54, 1.807) is 10.5 Å². The van der Waals surface area contributed by atoms with Gasteiger partial charge in [-0.05, 0) is 33.4 Å². The highest BCUT2D eigenvalue weighted by atomic mass is 32.2. The molecule has 1 atom stereocenters. The standard InChI is InChI=1S/C13H23N5O2S/c1-17(2)12-5-6-18(9-12)21(19,20)13-10(8-15-16-13)7-14-11-3-4-11/h8,11-12,14H,3-7,9H2,1-2H3,(H,15,16). The molecule has 7 nitrogen and oxygen atoms in total. The van der Waals surface area contributed by atoms with Crippen molar-refractivity contribution < 1.29 is 8.42 Å². The Balaban J connectivity index is 1.74. The van der Waals surface area contributed by atoms with Gasteiger partial charge in [0.15, 0.2) is 5.03 Å². The second kappa shape index (κ2) is 5.68. The van der Waals surface area contributed by atoms with Gasteiger partial charge in [0.25, 0.3) is 10.0 Å². The third-order valence-electron chi connectivity index (χ3n) is 4.29. The lowest BCUT2D eigenvalue weighted by Gasteiger charge is -2.20. The Morgan fingerprint density at radius 3 is 2.81 bits per heavy atom. The van der Waals surface area contributed by atoms with Crippen LogP contribution in [0.3, 0.4) is 0 Å². The molecular formula is C13H23N5O2S. The summed E-state index contributed by atoms with van der Waals surface area (Å²) in [7, 11) is 0.505. The average molecular weight is 313 g/mol. The summed E-state index contributed by atoms with van der Waals surface area (Å²) in [5, 5.41) is 10.2. The topological polar surface area (TPSA) is 81.3 Å². The molecule has 21 heavy (non-hydrogen) atoms. The Labute approximate surface area is 125 Å². The van der Waals surface area contributed by atoms with E-state index in [4.69, 9.17) is 0 Å². The number of aromatic amines is 1. The molecule has 2 heterocycles. The predicted molar refractivity (Wildman–Crippen MR) is 79.3 cm³/mol. The molecule has 0 spiro atoms. The van der Waals surface area contributed by atoms with Crippen molar-refractivity contribution >= 4 is 10.0 Å². The fraction of sp³-hybridized carbons (Fsp3) is 0.769. The number of rotatable bonds is 6. The van der Waals surface area contributed by atoms with Gasteiger partial charge in [-0.25, -0.2) is 8.42 Å². The summed E-state index contributed by atoms with van der Waals surface area (Å²) in [6.07, 6.45) is 4.84. The van der Waals surface area contributed by atoms with Crippen molar-refractivity contribution in [3.05, 3.63) is 11.8 Å². The summed E-state index contributed by atoms with van der Waals surface area (Å²) in [5.41, 5.74) is 0.732. The van der Waals surface area contributed by atoms with Crippen LogP contribution in [0, 0.1) is 0 Å². The minimum atomic E-state index is -3.47. The minimum absolute atomic E-state index is 0.245. The first-order valence-corrected chi connectivity index (χ1v) is 8.84. The van der Waals surface area contributed by atoms with Gasteiger partial charge in [-0.3, -0.25) is 5.10 Å². The molecule has 1 aliphatic heterocycles. The third-order valence-corrected chi connectivity index (χ3v) is 6.17. The Morgan fingerprint density at radius 2 is 2.19 bits per heavy atom. The van der Waals surface area contributed by atoms with E-state index in [0.29, 0.717) is 25.7 Å². The quantitative estimate of drug-likeness (QED) is 0.772. The van der Waals surface area contributed by atoms with Crippen LogP contribution in [-0.2, 0) is 16.6 Å². The van der Waals surface area contributed by atoms with Gasteiger partial charge < -0.3 is 10.2 Å². The number of hydrogen-bond acceptors (Lipinski definition) is 5. The molecule has 1 saturated heterocycles. The molecule has 0 bridgehead atoms. The highest BCUT2D eigenvalue weighted by Crippen LogP contribution is 2.25. The van der Waals surface area contributed by atoms with E-state index in [0.717, 1.165) is 12.0 Å². The number of nitrogens with one attached hydrogen (secondary N) is 2. The third kappa shape index (κ3) is 3.13. The maximum Gasteiger partial charge on any atom is 0.260 e. The maximum absolute atomic E-state index is 12.8. The zero-order chi connectivity index (χ0) is 15.0. The number of likely N-dealkylation sites (N-methyl/N-ethyl adjacent to an activating group) is 1. The Hall–Kier alpha value is -0.960. The van der Waals surface area contributed by atoms with E-state index in [2.05, 4.69) is 20.4 Å². The zero-order valence-corrected chi connectivity index (χ0v) is 13.4. The van der Waals surface area contributed by atoms with E-state index in [1.807, 2.05) is 14.1 Å². The van der Waals surface area contributed by atoms with Crippen LogP contribution >= 0.6 is 0 Å². The van der Waals surface area contributed by atoms with Crippen molar-refractivity contribution in [2.45, 2.75) is 42.9 Å². The van der Waals surface area contributed by atoms with Crippen molar-refractivity contribution in [2.24, 2.45) is 0 Å². The van der Waals surface area contributed by atoms with E-state index in [9.17, 15) is 8.42 Å². The molecule has 0 aromatic carbocycles. The number of aromatic nitrogens is 2. The van der Waals surface area contributed by atoms with Gasteiger partial charge in [-0.2, -0.15) is 9.40 Å². The van der Waals surface area contributed by atoms with E-state index >= 15 is 0 Å². The van der Waals surface area contributed by atoms with Crippen molar-refractivity contribution in [1.29, 1.82) is 0 Å². The van der Waals surface area contributed by atoms with Crippen LogP contribution in [0.2, 0.25) is 0 Å². The molecule has 1 aromatic heterocycles. The molecule has 8 heteroatoms. The number of sulfonamides is 1. The monoisotopic (exact) mass is 313 g/mol. The number of H-pyrrole nitrogens is 1. The second-order valence-corrected chi connectivity index (χ2v) is 8.02. The molecule has 118 valence electrons. The van der Waals surface area contributed by atoms with Crippen LogP contribution in [-0.4, -0.2) is 67.1 Å². The molecule has 0 amide bonds. The van der Waals surface area contributed by atoms with Gasteiger partial charge in [0.05, 0.1) is 6.20 Å². The van der Waals surface area contributed by atoms with Gasteiger partial charge in [-0.15, -0.1) is 0 Å². The molecule has 1 saturated carbocycles. The lowest BCUT2D eigenvalue weighted by molar-refractivity contribution is 0.302. The summed E-state index contributed by atoms with van der Waals surface area (Å²) in [4.78, 5) is 2.08. The lowest BCUT2D eigenvalue weighted by Crippen LogP contribution is -2.35. The molecule has 2 aliphatic rings. The number of hydrogen-bond donors (Lipinski definition) is 2. The molecule has 1 aliphatic carbocycles. The van der Waals surface area contributed by atoms with Gasteiger partial charge in [0.2, 0.25) is 0 Å². The summed E-state index contributed by atoms with van der Waals surface area (Å²) in [6.45, 7) is 1.67. The first kappa shape index (κ1) is 15.0. The maximum atomic E-state index is 12.8. The summed E-state index contributed by atoms with van der Waals surface area (Å²) < 4.78 is 27.1. The first-order chi connectivity index (χ1) is 9.98. The fourth-order valence-corrected chi connectivity index (χ4v) is 4.27. The van der Waals surface area contributed by atoms with Crippen molar-refractivity contribution in [2.75, 3.05) is 27.2 Å². The molecule has 1 aromatic rings. The first-order valence-electron chi connectivity index (χ1n) is 7.40. The molecule has 1 unspecified atom stereocenters. The van der Waals surface area contributed by atoms with Crippen molar-refractivity contribution in [3.8, 4) is 0 Å². The minimum Gasteiger partial charge on any atom is -0.310 e. The molecule has 2 fully saturated rings. The lowest BCUT2D eigenvalue weighted by atomic mass is 10.2. The summed E-state index contributed by atoms with van der Waals surface area (Å²) in [5.74, 6) is 0. The highest BCUT2D eigenvalue weighted by molar-refractivity contribution is 7.89. The van der Waals surface area contributed by atoms with Gasteiger partial charge in [0.1, 0.15) is 0 Å². The summed E-state index contributed by atoms with van der Waals surface area (Å²) in [6, 6.07) is 0.830. The second-order valence-electron chi connectivity index (χ2n) is 6.15. The smallest absolute Gasteiger partial charge is 0.260 e. The normalized spacial score (nSPS) is 24.0. The molecule has 3 rings (SSSR count). The van der Waals surface area contributed by atoms with Crippen LogP contribution < -0.4 is 5.32 Å².